The second-order valence-electron chi connectivity index (χ2n) is 12.2. The Morgan fingerprint density at radius 3 is 2.40 bits per heavy atom. The normalized spacial score (nSPS) is 20.2. The molecule has 2 atom stereocenters. The second-order valence-corrected chi connectivity index (χ2v) is 14.2. The summed E-state index contributed by atoms with van der Waals surface area (Å²) in [5.74, 6) is 0.810. The van der Waals surface area contributed by atoms with E-state index < -0.39 is 10.0 Å². The number of anilines is 1. The zero-order valence-electron chi connectivity index (χ0n) is 25.7. The van der Waals surface area contributed by atoms with Crippen LogP contribution >= 0.6 is 0 Å². The SMILES string of the molecule is CCCN(OCc1ccc(N)cc1)C(=O)C1=Cc2ccc(-c3cccc(S(=O)(=O)N4CC5CN(C)CC5C4)c3)cc2N=C(N)C1. The summed E-state index contributed by atoms with van der Waals surface area (Å²) in [6, 6.07) is 20.1. The van der Waals surface area contributed by atoms with E-state index in [1.807, 2.05) is 49.4 Å². The quantitative estimate of drug-likeness (QED) is 0.267. The third-order valence-corrected chi connectivity index (χ3v) is 10.6. The molecule has 11 heteroatoms. The summed E-state index contributed by atoms with van der Waals surface area (Å²) in [6.45, 7) is 5.62. The Balaban J connectivity index is 1.22. The van der Waals surface area contributed by atoms with Crippen LogP contribution in [0.5, 0.6) is 0 Å². The highest BCUT2D eigenvalue weighted by Gasteiger charge is 2.43. The summed E-state index contributed by atoms with van der Waals surface area (Å²) < 4.78 is 28.9. The number of nitrogens with zero attached hydrogens (tertiary/aromatic N) is 4. The largest absolute Gasteiger partial charge is 0.399 e. The minimum Gasteiger partial charge on any atom is -0.399 e. The maximum atomic E-state index is 13.6. The van der Waals surface area contributed by atoms with Crippen LogP contribution in [-0.4, -0.2) is 74.2 Å². The molecule has 3 aliphatic heterocycles. The molecule has 3 heterocycles. The number of likely N-dealkylation sites (tertiary alicyclic amines) is 1. The number of amides is 1. The van der Waals surface area contributed by atoms with Crippen molar-refractivity contribution in [3.63, 3.8) is 0 Å². The number of carbonyl (C=O) groups excluding carboxylic acids is 1. The van der Waals surface area contributed by atoms with Crippen LogP contribution < -0.4 is 11.5 Å². The molecule has 3 aromatic rings. The van der Waals surface area contributed by atoms with Crippen LogP contribution in [0.3, 0.4) is 0 Å². The third kappa shape index (κ3) is 6.67. The Morgan fingerprint density at radius 1 is 0.978 bits per heavy atom. The monoisotopic (exact) mass is 628 g/mol. The molecule has 236 valence electrons. The Hall–Kier alpha value is -4.03. The molecule has 2 saturated heterocycles. The van der Waals surface area contributed by atoms with Gasteiger partial charge in [0.2, 0.25) is 10.0 Å². The Bertz CT molecular complexity index is 1740. The number of hydrogen-bond donors (Lipinski definition) is 2. The van der Waals surface area contributed by atoms with Crippen LogP contribution in [0.2, 0.25) is 0 Å². The number of amidine groups is 1. The van der Waals surface area contributed by atoms with Crippen molar-refractivity contribution in [2.75, 3.05) is 45.5 Å². The van der Waals surface area contributed by atoms with Crippen LogP contribution in [0.4, 0.5) is 11.4 Å². The molecular formula is C34H40N6O4S. The summed E-state index contributed by atoms with van der Waals surface area (Å²) in [5.41, 5.74) is 17.1. The van der Waals surface area contributed by atoms with E-state index in [1.54, 1.807) is 34.6 Å². The Morgan fingerprint density at radius 2 is 1.69 bits per heavy atom. The van der Waals surface area contributed by atoms with Gasteiger partial charge in [0.05, 0.1) is 10.6 Å². The fourth-order valence-corrected chi connectivity index (χ4v) is 8.03. The lowest BCUT2D eigenvalue weighted by atomic mass is 10.0. The number of sulfonamides is 1. The fraction of sp³-hybridized carbons (Fsp3) is 0.353. The number of carbonyl (C=O) groups is 1. The van der Waals surface area contributed by atoms with E-state index in [1.165, 1.54) is 5.06 Å². The Kier molecular flexibility index (Phi) is 8.78. The first-order valence-electron chi connectivity index (χ1n) is 15.4. The average Bonchev–Trinajstić information content (AvgIpc) is 3.53. The van der Waals surface area contributed by atoms with Crippen molar-refractivity contribution < 1.29 is 18.0 Å². The number of benzene rings is 3. The van der Waals surface area contributed by atoms with Crippen molar-refractivity contribution in [2.45, 2.75) is 31.3 Å². The topological polar surface area (TPSA) is 135 Å². The second kappa shape index (κ2) is 12.8. The molecule has 45 heavy (non-hydrogen) atoms. The van der Waals surface area contributed by atoms with Crippen molar-refractivity contribution >= 4 is 39.2 Å². The summed E-state index contributed by atoms with van der Waals surface area (Å²) in [6.07, 6.45) is 2.70. The van der Waals surface area contributed by atoms with Crippen molar-refractivity contribution in [2.24, 2.45) is 22.6 Å². The lowest BCUT2D eigenvalue weighted by Gasteiger charge is -2.22. The highest BCUT2D eigenvalue weighted by atomic mass is 32.2. The molecule has 0 saturated carbocycles. The molecule has 10 nitrogen and oxygen atoms in total. The maximum absolute atomic E-state index is 13.6. The van der Waals surface area contributed by atoms with Gasteiger partial charge in [0, 0.05) is 56.0 Å². The van der Waals surface area contributed by atoms with Crippen LogP contribution in [0.15, 0.2) is 82.2 Å². The van der Waals surface area contributed by atoms with Gasteiger partial charge < -0.3 is 16.4 Å². The predicted octanol–water partition coefficient (Wildman–Crippen LogP) is 4.26. The molecule has 0 aliphatic carbocycles. The van der Waals surface area contributed by atoms with Gasteiger partial charge in [-0.3, -0.25) is 9.63 Å². The highest BCUT2D eigenvalue weighted by Crippen LogP contribution is 2.36. The van der Waals surface area contributed by atoms with Gasteiger partial charge in [-0.25, -0.2) is 18.5 Å². The molecular weight excluding hydrogens is 588 g/mol. The first kappa shape index (κ1) is 31.0. The average molecular weight is 629 g/mol. The smallest absolute Gasteiger partial charge is 0.273 e. The molecule has 3 aliphatic rings. The molecule has 2 fully saturated rings. The van der Waals surface area contributed by atoms with Crippen molar-refractivity contribution in [3.8, 4) is 11.1 Å². The molecule has 3 aromatic carbocycles. The number of nitrogen functional groups attached to an aromatic ring is 1. The van der Waals surface area contributed by atoms with E-state index in [4.69, 9.17) is 16.3 Å². The van der Waals surface area contributed by atoms with Gasteiger partial charge in [0.25, 0.3) is 5.91 Å². The number of nitrogens with two attached hydrogens (primary N) is 2. The zero-order chi connectivity index (χ0) is 31.7. The van der Waals surface area contributed by atoms with Crippen LogP contribution in [0, 0.1) is 11.8 Å². The van der Waals surface area contributed by atoms with Gasteiger partial charge in [0.15, 0.2) is 0 Å². The molecule has 6 rings (SSSR count). The molecule has 1 amide bonds. The predicted molar refractivity (Wildman–Crippen MR) is 177 cm³/mol. The highest BCUT2D eigenvalue weighted by molar-refractivity contribution is 7.89. The molecule has 0 bridgehead atoms. The standard InChI is InChI=1S/C34H40N6O4S/c1-3-13-40(44-22-23-7-11-30(35)12-8-23)34(41)27-14-26-10-9-25(16-32(26)37-33(36)17-27)24-5-4-6-31(15-24)45(42,43)39-20-28-18-38(2)19-29(28)21-39/h4-12,14-16,28-29H,3,13,17-22,35H2,1-2H3,(H2,36,37). The van der Waals surface area contributed by atoms with E-state index in [0.717, 1.165) is 41.8 Å². The first-order valence-corrected chi connectivity index (χ1v) is 16.8. The molecule has 0 spiro atoms. The van der Waals surface area contributed by atoms with Crippen LogP contribution in [0.1, 0.15) is 30.9 Å². The summed E-state index contributed by atoms with van der Waals surface area (Å²) in [4.78, 5) is 26.7. The van der Waals surface area contributed by atoms with E-state index in [9.17, 15) is 13.2 Å². The number of hydrogen-bond acceptors (Lipinski definition) is 8. The number of hydroxylamine groups is 2. The summed E-state index contributed by atoms with van der Waals surface area (Å²) in [5, 5.41) is 1.38. The lowest BCUT2D eigenvalue weighted by molar-refractivity contribution is -0.187. The van der Waals surface area contributed by atoms with Crippen molar-refractivity contribution in [1.29, 1.82) is 0 Å². The minimum absolute atomic E-state index is 0.176. The molecule has 4 N–H and O–H groups in total. The van der Waals surface area contributed by atoms with Gasteiger partial charge in [-0.05, 0) is 78.4 Å². The summed E-state index contributed by atoms with van der Waals surface area (Å²) >= 11 is 0. The maximum Gasteiger partial charge on any atom is 0.273 e. The first-order chi connectivity index (χ1) is 21.6. The molecule has 2 unspecified atom stereocenters. The lowest BCUT2D eigenvalue weighted by Crippen LogP contribution is -2.34. The van der Waals surface area contributed by atoms with Gasteiger partial charge in [-0.1, -0.05) is 43.3 Å². The minimum atomic E-state index is -3.62. The van der Waals surface area contributed by atoms with E-state index in [-0.39, 0.29) is 23.8 Å². The summed E-state index contributed by atoms with van der Waals surface area (Å²) in [7, 11) is -1.53. The number of aliphatic imine (C=N–C) groups is 1. The molecule has 0 aromatic heterocycles. The van der Waals surface area contributed by atoms with Gasteiger partial charge in [-0.2, -0.15) is 4.31 Å². The van der Waals surface area contributed by atoms with Gasteiger partial charge in [-0.15, -0.1) is 0 Å². The van der Waals surface area contributed by atoms with E-state index >= 15 is 0 Å². The van der Waals surface area contributed by atoms with Crippen LogP contribution in [0.25, 0.3) is 17.2 Å². The van der Waals surface area contributed by atoms with Gasteiger partial charge >= 0.3 is 0 Å². The zero-order valence-corrected chi connectivity index (χ0v) is 26.5. The van der Waals surface area contributed by atoms with Crippen molar-refractivity contribution in [1.82, 2.24) is 14.3 Å². The van der Waals surface area contributed by atoms with Gasteiger partial charge in [0.1, 0.15) is 12.4 Å². The Labute approximate surface area is 265 Å². The van der Waals surface area contributed by atoms with E-state index in [0.29, 0.717) is 54.3 Å². The number of rotatable bonds is 9. The fourth-order valence-electron chi connectivity index (χ4n) is 6.43. The number of fused-ring (bicyclic) bond motifs is 2. The molecule has 0 radical (unpaired) electrons. The van der Waals surface area contributed by atoms with E-state index in [2.05, 4.69) is 16.9 Å². The van der Waals surface area contributed by atoms with Crippen molar-refractivity contribution in [3.05, 3.63) is 83.4 Å². The third-order valence-electron chi connectivity index (χ3n) is 8.73. The van der Waals surface area contributed by atoms with Crippen LogP contribution in [-0.2, 0) is 26.3 Å².